The van der Waals surface area contributed by atoms with Crippen LogP contribution in [0, 0.1) is 11.6 Å². The number of aryl methyl sites for hydroxylation is 1. The van der Waals surface area contributed by atoms with E-state index < -0.39 is 35.0 Å². The van der Waals surface area contributed by atoms with Gasteiger partial charge < -0.3 is 10.1 Å². The highest BCUT2D eigenvalue weighted by atomic mass is 19.4. The highest BCUT2D eigenvalue weighted by molar-refractivity contribution is 6.06. The Kier molecular flexibility index (Phi) is 8.41. The largest absolute Gasteiger partial charge is 0.483 e. The minimum Gasteiger partial charge on any atom is -0.483 e. The number of carbonyl (C=O) groups is 1. The first-order chi connectivity index (χ1) is 18.2. The van der Waals surface area contributed by atoms with Crippen LogP contribution in [-0.2, 0) is 12.6 Å². The second kappa shape index (κ2) is 11.9. The average Bonchev–Trinajstić information content (AvgIpc) is 2.89. The van der Waals surface area contributed by atoms with Crippen molar-refractivity contribution in [1.82, 2.24) is 0 Å². The molecule has 0 aliphatic carbocycles. The maximum absolute atomic E-state index is 13.6. The van der Waals surface area contributed by atoms with E-state index in [1.165, 1.54) is 12.1 Å². The van der Waals surface area contributed by atoms with Crippen LogP contribution in [0.25, 0.3) is 10.8 Å². The number of nitrogens with one attached hydrogen (secondary N) is 1. The minimum absolute atomic E-state index is 0.0610. The molecule has 4 aromatic rings. The average molecular weight is 526 g/mol. The standard InChI is InChI=1S/C30H24F5NO2/c31-25-11-7-12-26(32)28(25)38-17-6-2-1-3-10-22-19-24(30(33,34)35)15-16-27(22)36-29(37)23-14-13-20-8-4-5-9-21(20)18-23/h2,4-9,11-16,18-19H,1,3,10,17H2,(H,36,37)/b6-2+. The molecule has 0 aromatic heterocycles. The molecule has 0 fully saturated rings. The number of amides is 1. The van der Waals surface area contributed by atoms with E-state index in [0.29, 0.717) is 29.7 Å². The minimum atomic E-state index is -4.52. The van der Waals surface area contributed by atoms with E-state index in [4.69, 9.17) is 4.74 Å². The van der Waals surface area contributed by atoms with Crippen molar-refractivity contribution in [2.75, 3.05) is 11.9 Å². The summed E-state index contributed by atoms with van der Waals surface area (Å²) in [4.78, 5) is 12.9. The number of carbonyl (C=O) groups excluding carboxylic acids is 1. The van der Waals surface area contributed by atoms with Crippen molar-refractivity contribution >= 4 is 22.4 Å². The zero-order valence-electron chi connectivity index (χ0n) is 20.2. The molecular formula is C30H24F5NO2. The second-order valence-corrected chi connectivity index (χ2v) is 8.61. The lowest BCUT2D eigenvalue weighted by Crippen LogP contribution is -2.14. The van der Waals surface area contributed by atoms with Crippen molar-refractivity contribution in [2.24, 2.45) is 0 Å². The summed E-state index contributed by atoms with van der Waals surface area (Å²) in [7, 11) is 0. The summed E-state index contributed by atoms with van der Waals surface area (Å²) in [6, 6.07) is 19.4. The first kappa shape index (κ1) is 26.9. The predicted octanol–water partition coefficient (Wildman–Crippen LogP) is 8.35. The van der Waals surface area contributed by atoms with Crippen LogP contribution >= 0.6 is 0 Å². The Morgan fingerprint density at radius 1 is 0.842 bits per heavy atom. The molecule has 0 saturated carbocycles. The summed E-state index contributed by atoms with van der Waals surface area (Å²) in [5, 5.41) is 4.59. The van der Waals surface area contributed by atoms with Gasteiger partial charge >= 0.3 is 6.18 Å². The normalized spacial score (nSPS) is 11.7. The summed E-state index contributed by atoms with van der Waals surface area (Å²) in [6.07, 6.45) is 0.0154. The Balaban J connectivity index is 1.40. The number of rotatable bonds is 9. The first-order valence-electron chi connectivity index (χ1n) is 11.9. The molecule has 4 rings (SSSR count). The number of alkyl halides is 3. The van der Waals surface area contributed by atoms with E-state index in [1.54, 1.807) is 24.3 Å². The molecule has 0 unspecified atom stereocenters. The molecule has 0 spiro atoms. The van der Waals surface area contributed by atoms with Gasteiger partial charge in [-0.15, -0.1) is 0 Å². The summed E-state index contributed by atoms with van der Waals surface area (Å²) < 4.78 is 72.3. The van der Waals surface area contributed by atoms with Crippen LogP contribution in [0.2, 0.25) is 0 Å². The molecule has 3 nitrogen and oxygen atoms in total. The van der Waals surface area contributed by atoms with Crippen LogP contribution in [0.4, 0.5) is 27.6 Å². The maximum Gasteiger partial charge on any atom is 0.416 e. The van der Waals surface area contributed by atoms with Crippen molar-refractivity contribution in [3.8, 4) is 5.75 Å². The van der Waals surface area contributed by atoms with Gasteiger partial charge in [0.1, 0.15) is 6.61 Å². The third-order valence-electron chi connectivity index (χ3n) is 5.92. The third-order valence-corrected chi connectivity index (χ3v) is 5.92. The van der Waals surface area contributed by atoms with Crippen LogP contribution in [-0.4, -0.2) is 12.5 Å². The number of para-hydroxylation sites is 1. The summed E-state index contributed by atoms with van der Waals surface area (Å²) in [6.45, 7) is -0.0610. The predicted molar refractivity (Wildman–Crippen MR) is 137 cm³/mol. The van der Waals surface area contributed by atoms with Crippen molar-refractivity contribution in [2.45, 2.75) is 25.4 Å². The Hall–Kier alpha value is -4.20. The Morgan fingerprint density at radius 3 is 2.32 bits per heavy atom. The van der Waals surface area contributed by atoms with Crippen LogP contribution in [0.15, 0.2) is 91.0 Å². The lowest BCUT2D eigenvalue weighted by atomic mass is 10.0. The van der Waals surface area contributed by atoms with Gasteiger partial charge in [0, 0.05) is 11.3 Å². The van der Waals surface area contributed by atoms with E-state index in [9.17, 15) is 26.7 Å². The summed E-state index contributed by atoms with van der Waals surface area (Å²) >= 11 is 0. The zero-order chi connectivity index (χ0) is 27.1. The second-order valence-electron chi connectivity index (χ2n) is 8.61. The first-order valence-corrected chi connectivity index (χ1v) is 11.9. The number of ether oxygens (including phenoxy) is 1. The fraction of sp³-hybridized carbons (Fsp3) is 0.167. The molecule has 1 N–H and O–H groups in total. The van der Waals surface area contributed by atoms with Gasteiger partial charge in [-0.3, -0.25) is 4.79 Å². The lowest BCUT2D eigenvalue weighted by molar-refractivity contribution is -0.137. The van der Waals surface area contributed by atoms with Gasteiger partial charge in [0.2, 0.25) is 0 Å². The van der Waals surface area contributed by atoms with Gasteiger partial charge in [0.05, 0.1) is 5.56 Å². The molecule has 0 aliphatic rings. The highest BCUT2D eigenvalue weighted by Gasteiger charge is 2.31. The van der Waals surface area contributed by atoms with Gasteiger partial charge in [-0.1, -0.05) is 48.6 Å². The SMILES string of the molecule is O=C(Nc1ccc(C(F)(F)F)cc1CCC/C=C/COc1c(F)cccc1F)c1ccc2ccccc2c1. The maximum atomic E-state index is 13.6. The van der Waals surface area contributed by atoms with E-state index in [2.05, 4.69) is 5.32 Å². The number of benzene rings is 4. The highest BCUT2D eigenvalue weighted by Crippen LogP contribution is 2.33. The molecule has 196 valence electrons. The molecule has 8 heteroatoms. The molecule has 0 saturated heterocycles. The van der Waals surface area contributed by atoms with Crippen LogP contribution in [0.1, 0.15) is 34.3 Å². The van der Waals surface area contributed by atoms with Crippen LogP contribution in [0.5, 0.6) is 5.75 Å². The van der Waals surface area contributed by atoms with Crippen molar-refractivity contribution in [3.63, 3.8) is 0 Å². The third kappa shape index (κ3) is 6.76. The fourth-order valence-corrected chi connectivity index (χ4v) is 3.97. The van der Waals surface area contributed by atoms with Crippen molar-refractivity contribution in [1.29, 1.82) is 0 Å². The molecule has 0 aliphatic heterocycles. The zero-order valence-corrected chi connectivity index (χ0v) is 20.2. The lowest BCUT2D eigenvalue weighted by Gasteiger charge is -2.15. The Labute approximate surface area is 216 Å². The smallest absolute Gasteiger partial charge is 0.416 e. The number of hydrogen-bond donors (Lipinski definition) is 1. The topological polar surface area (TPSA) is 38.3 Å². The number of anilines is 1. The number of allylic oxidation sites excluding steroid dienone is 1. The molecule has 0 atom stereocenters. The number of fused-ring (bicyclic) bond motifs is 1. The molecule has 0 radical (unpaired) electrons. The van der Waals surface area contributed by atoms with Crippen LogP contribution in [0.3, 0.4) is 0 Å². The van der Waals surface area contributed by atoms with Gasteiger partial charge in [-0.05, 0) is 78.1 Å². The molecule has 4 aromatic carbocycles. The number of hydrogen-bond acceptors (Lipinski definition) is 2. The van der Waals surface area contributed by atoms with E-state index >= 15 is 0 Å². The number of unbranched alkanes of at least 4 members (excludes halogenated alkanes) is 1. The molecular weight excluding hydrogens is 501 g/mol. The molecule has 1 amide bonds. The van der Waals surface area contributed by atoms with Crippen molar-refractivity contribution < 1.29 is 31.5 Å². The van der Waals surface area contributed by atoms with Gasteiger partial charge in [-0.2, -0.15) is 13.2 Å². The van der Waals surface area contributed by atoms with Gasteiger partial charge in [0.15, 0.2) is 17.4 Å². The van der Waals surface area contributed by atoms with Crippen molar-refractivity contribution in [3.05, 3.63) is 119 Å². The molecule has 38 heavy (non-hydrogen) atoms. The summed E-state index contributed by atoms with van der Waals surface area (Å²) in [5.74, 6) is -2.50. The van der Waals surface area contributed by atoms with Gasteiger partial charge in [-0.25, -0.2) is 8.78 Å². The monoisotopic (exact) mass is 525 g/mol. The van der Waals surface area contributed by atoms with Crippen LogP contribution < -0.4 is 10.1 Å². The molecule has 0 heterocycles. The quantitative estimate of drug-likeness (QED) is 0.136. The Bertz CT molecular complexity index is 1440. The van der Waals surface area contributed by atoms with E-state index in [-0.39, 0.29) is 13.0 Å². The fourth-order valence-electron chi connectivity index (χ4n) is 3.97. The Morgan fingerprint density at radius 2 is 1.58 bits per heavy atom. The summed E-state index contributed by atoms with van der Waals surface area (Å²) in [5.41, 5.74) is 0.251. The van der Waals surface area contributed by atoms with Gasteiger partial charge in [0.25, 0.3) is 5.91 Å². The van der Waals surface area contributed by atoms with E-state index in [1.807, 2.05) is 30.3 Å². The van der Waals surface area contributed by atoms with E-state index in [0.717, 1.165) is 35.0 Å². The number of halogens is 5. The molecule has 0 bridgehead atoms.